The Labute approximate surface area is 89.6 Å². The van der Waals surface area contributed by atoms with E-state index in [1.54, 1.807) is 18.3 Å². The largest absolute Gasteiger partial charge is 0.478 e. The predicted molar refractivity (Wildman–Crippen MR) is 54.7 cm³/mol. The molecule has 0 bridgehead atoms. The number of carbonyl (C=O) groups is 1. The summed E-state index contributed by atoms with van der Waals surface area (Å²) in [4.78, 5) is 14.3. The van der Waals surface area contributed by atoms with Gasteiger partial charge in [0.2, 0.25) is 0 Å². The van der Waals surface area contributed by atoms with Gasteiger partial charge in [0.05, 0.1) is 5.02 Å². The van der Waals surface area contributed by atoms with E-state index >= 15 is 0 Å². The summed E-state index contributed by atoms with van der Waals surface area (Å²) in [5, 5.41) is 13.0. The van der Waals surface area contributed by atoms with Crippen molar-refractivity contribution < 1.29 is 9.90 Å². The average Bonchev–Trinajstić information content (AvgIpc) is 2.56. The molecule has 0 aliphatic carbocycles. The highest BCUT2D eigenvalue weighted by Gasteiger charge is 2.00. The Hall–Kier alpha value is -1.88. The van der Waals surface area contributed by atoms with E-state index in [4.69, 9.17) is 16.7 Å². The molecule has 0 spiro atoms. The number of carboxylic acids is 1. The van der Waals surface area contributed by atoms with Crippen molar-refractivity contribution in [1.82, 2.24) is 14.6 Å². The fourth-order valence-corrected chi connectivity index (χ4v) is 1.25. The van der Waals surface area contributed by atoms with Crippen LogP contribution in [0.5, 0.6) is 0 Å². The second-order valence-electron chi connectivity index (χ2n) is 2.79. The third-order valence-corrected chi connectivity index (χ3v) is 1.91. The molecule has 0 aromatic carbocycles. The third kappa shape index (κ3) is 2.13. The van der Waals surface area contributed by atoms with Gasteiger partial charge < -0.3 is 5.11 Å². The van der Waals surface area contributed by atoms with Gasteiger partial charge in [-0.15, -0.1) is 5.10 Å². The number of fused-ring (bicyclic) bond motifs is 1. The zero-order chi connectivity index (χ0) is 10.8. The lowest BCUT2D eigenvalue weighted by Gasteiger charge is -1.89. The van der Waals surface area contributed by atoms with Crippen molar-refractivity contribution in [3.63, 3.8) is 0 Å². The van der Waals surface area contributed by atoms with Gasteiger partial charge in [-0.1, -0.05) is 11.6 Å². The van der Waals surface area contributed by atoms with Gasteiger partial charge in [-0.05, 0) is 18.2 Å². The van der Waals surface area contributed by atoms with E-state index in [0.29, 0.717) is 16.5 Å². The molecule has 2 aromatic heterocycles. The maximum Gasteiger partial charge on any atom is 0.328 e. The highest BCUT2D eigenvalue weighted by Crippen LogP contribution is 2.09. The molecular weight excluding hydrogens is 218 g/mol. The van der Waals surface area contributed by atoms with Gasteiger partial charge in [-0.3, -0.25) is 0 Å². The molecule has 0 fully saturated rings. The molecule has 76 valence electrons. The molecule has 2 heterocycles. The van der Waals surface area contributed by atoms with E-state index in [1.165, 1.54) is 10.6 Å². The Morgan fingerprint density at radius 3 is 3.07 bits per heavy atom. The van der Waals surface area contributed by atoms with Crippen LogP contribution in [0.4, 0.5) is 0 Å². The summed E-state index contributed by atoms with van der Waals surface area (Å²) in [6.45, 7) is 0. The first-order chi connectivity index (χ1) is 7.15. The zero-order valence-corrected chi connectivity index (χ0v) is 8.22. The fourth-order valence-electron chi connectivity index (χ4n) is 1.09. The maximum absolute atomic E-state index is 10.3. The SMILES string of the molecule is O=C(O)/C=C/c1nc2ccc(Cl)cn2n1. The van der Waals surface area contributed by atoms with Gasteiger partial charge in [-0.25, -0.2) is 14.3 Å². The molecule has 15 heavy (non-hydrogen) atoms. The summed E-state index contributed by atoms with van der Waals surface area (Å²) >= 11 is 5.75. The van der Waals surface area contributed by atoms with E-state index in [2.05, 4.69) is 10.1 Å². The van der Waals surface area contributed by atoms with Crippen LogP contribution in [0.25, 0.3) is 11.7 Å². The number of carboxylic acid groups (broad SMARTS) is 1. The van der Waals surface area contributed by atoms with E-state index in [9.17, 15) is 4.79 Å². The van der Waals surface area contributed by atoms with E-state index in [1.807, 2.05) is 0 Å². The quantitative estimate of drug-likeness (QED) is 0.783. The van der Waals surface area contributed by atoms with Gasteiger partial charge in [0, 0.05) is 12.3 Å². The molecule has 0 unspecified atom stereocenters. The molecular formula is C9H6ClN3O2. The lowest BCUT2D eigenvalue weighted by atomic mass is 10.5. The highest BCUT2D eigenvalue weighted by molar-refractivity contribution is 6.30. The maximum atomic E-state index is 10.3. The van der Waals surface area contributed by atoms with E-state index in [0.717, 1.165) is 6.08 Å². The smallest absolute Gasteiger partial charge is 0.328 e. The predicted octanol–water partition coefficient (Wildman–Crippen LogP) is 1.48. The molecule has 2 aromatic rings. The summed E-state index contributed by atoms with van der Waals surface area (Å²) in [5.74, 6) is -0.702. The molecule has 2 rings (SSSR count). The summed E-state index contributed by atoms with van der Waals surface area (Å²) in [6.07, 6.45) is 3.90. The van der Waals surface area contributed by atoms with E-state index < -0.39 is 5.97 Å². The van der Waals surface area contributed by atoms with Crippen molar-refractivity contribution in [2.45, 2.75) is 0 Å². The molecule has 0 amide bonds. The Kier molecular flexibility index (Phi) is 2.39. The summed E-state index contributed by atoms with van der Waals surface area (Å²) in [6, 6.07) is 3.39. The van der Waals surface area contributed by atoms with Crippen LogP contribution < -0.4 is 0 Å². The Morgan fingerprint density at radius 1 is 1.53 bits per heavy atom. The van der Waals surface area contributed by atoms with Crippen LogP contribution in [0.3, 0.4) is 0 Å². The average molecular weight is 224 g/mol. The summed E-state index contributed by atoms with van der Waals surface area (Å²) in [7, 11) is 0. The minimum absolute atomic E-state index is 0.333. The molecule has 0 atom stereocenters. The summed E-state index contributed by atoms with van der Waals surface area (Å²) < 4.78 is 1.49. The highest BCUT2D eigenvalue weighted by atomic mass is 35.5. The van der Waals surface area contributed by atoms with Crippen molar-refractivity contribution in [2.75, 3.05) is 0 Å². The van der Waals surface area contributed by atoms with Crippen LogP contribution in [0, 0.1) is 0 Å². The fraction of sp³-hybridized carbons (Fsp3) is 0. The van der Waals surface area contributed by atoms with Crippen LogP contribution in [0.15, 0.2) is 24.4 Å². The van der Waals surface area contributed by atoms with Gasteiger partial charge >= 0.3 is 5.97 Å². The van der Waals surface area contributed by atoms with Crippen LogP contribution >= 0.6 is 11.6 Å². The Morgan fingerprint density at radius 2 is 2.33 bits per heavy atom. The third-order valence-electron chi connectivity index (χ3n) is 1.69. The standard InChI is InChI=1S/C9H6ClN3O2/c10-6-1-3-8-11-7(2-4-9(14)15)12-13(8)5-6/h1-5H,(H,14,15)/b4-2+. The minimum Gasteiger partial charge on any atom is -0.478 e. The number of hydrogen-bond acceptors (Lipinski definition) is 3. The molecule has 5 nitrogen and oxygen atoms in total. The van der Waals surface area contributed by atoms with Crippen molar-refractivity contribution >= 4 is 29.3 Å². The molecule has 0 radical (unpaired) electrons. The molecule has 0 saturated carbocycles. The topological polar surface area (TPSA) is 67.5 Å². The molecule has 1 N–H and O–H groups in total. The number of pyridine rings is 1. The van der Waals surface area contributed by atoms with Gasteiger partial charge in [0.15, 0.2) is 11.5 Å². The van der Waals surface area contributed by atoms with Crippen LogP contribution in [-0.4, -0.2) is 25.7 Å². The lowest BCUT2D eigenvalue weighted by Crippen LogP contribution is -1.87. The number of aliphatic carboxylic acids is 1. The van der Waals surface area contributed by atoms with E-state index in [-0.39, 0.29) is 0 Å². The van der Waals surface area contributed by atoms with Crippen LogP contribution in [0.2, 0.25) is 5.02 Å². The first kappa shape index (κ1) is 9.67. The molecule has 0 aliphatic heterocycles. The number of nitrogens with zero attached hydrogens (tertiary/aromatic N) is 3. The second-order valence-corrected chi connectivity index (χ2v) is 3.23. The zero-order valence-electron chi connectivity index (χ0n) is 7.46. The Bertz CT molecular complexity index is 547. The summed E-state index contributed by atoms with van der Waals surface area (Å²) in [5.41, 5.74) is 0.615. The van der Waals surface area contributed by atoms with Gasteiger partial charge in [-0.2, -0.15) is 0 Å². The number of hydrogen-bond donors (Lipinski definition) is 1. The van der Waals surface area contributed by atoms with Crippen molar-refractivity contribution in [3.05, 3.63) is 35.3 Å². The first-order valence-corrected chi connectivity index (χ1v) is 4.46. The van der Waals surface area contributed by atoms with Crippen LogP contribution in [0.1, 0.15) is 5.82 Å². The van der Waals surface area contributed by atoms with Gasteiger partial charge in [0.25, 0.3) is 0 Å². The lowest BCUT2D eigenvalue weighted by molar-refractivity contribution is -0.131. The Balaban J connectivity index is 2.43. The minimum atomic E-state index is -1.04. The van der Waals surface area contributed by atoms with Crippen LogP contribution in [-0.2, 0) is 4.79 Å². The number of rotatable bonds is 2. The molecule has 0 saturated heterocycles. The monoisotopic (exact) mass is 223 g/mol. The second kappa shape index (κ2) is 3.70. The number of aromatic nitrogens is 3. The van der Waals surface area contributed by atoms with Crippen molar-refractivity contribution in [3.8, 4) is 0 Å². The van der Waals surface area contributed by atoms with Gasteiger partial charge in [0.1, 0.15) is 0 Å². The molecule has 6 heteroatoms. The first-order valence-electron chi connectivity index (χ1n) is 4.08. The normalized spacial score (nSPS) is 11.3. The number of halogens is 1. The molecule has 0 aliphatic rings. The van der Waals surface area contributed by atoms with Crippen molar-refractivity contribution in [1.29, 1.82) is 0 Å². The van der Waals surface area contributed by atoms with Crippen molar-refractivity contribution in [2.24, 2.45) is 0 Å².